The zero-order valence-corrected chi connectivity index (χ0v) is 30.4. The van der Waals surface area contributed by atoms with Gasteiger partial charge >= 0.3 is 0 Å². The van der Waals surface area contributed by atoms with Gasteiger partial charge in [-0.2, -0.15) is 0 Å². The highest BCUT2D eigenvalue weighted by Crippen LogP contribution is 2.42. The SMILES string of the molecule is c1ccc(-c2nc(-c3ccccc3)nc(-c3ccc4oc5cccc(-c6ccc7c(c6)oc6cccc(-n8c9ccccc9c9ccccc98)c67)c5c4c3)n2)cc1. The highest BCUT2D eigenvalue weighted by molar-refractivity contribution is 6.16. The molecule has 266 valence electrons. The van der Waals surface area contributed by atoms with E-state index >= 15 is 0 Å². The van der Waals surface area contributed by atoms with Crippen LogP contribution in [0.5, 0.6) is 0 Å². The van der Waals surface area contributed by atoms with Crippen molar-refractivity contribution in [3.63, 3.8) is 0 Å². The number of para-hydroxylation sites is 2. The van der Waals surface area contributed by atoms with Gasteiger partial charge < -0.3 is 13.4 Å². The number of aromatic nitrogens is 4. The van der Waals surface area contributed by atoms with E-state index in [1.165, 1.54) is 21.8 Å². The van der Waals surface area contributed by atoms with Gasteiger partial charge in [0.2, 0.25) is 0 Å². The Balaban J connectivity index is 1.02. The second-order valence-corrected chi connectivity index (χ2v) is 14.4. The van der Waals surface area contributed by atoms with Crippen LogP contribution in [0.25, 0.3) is 117 Å². The summed E-state index contributed by atoms with van der Waals surface area (Å²) in [5.74, 6) is 1.84. The average Bonchev–Trinajstić information content (AvgIpc) is 3.96. The highest BCUT2D eigenvalue weighted by Gasteiger charge is 2.20. The van der Waals surface area contributed by atoms with Crippen LogP contribution in [0.3, 0.4) is 0 Å². The standard InChI is InChI=1S/C51H30N4O2/c1-3-13-31(14-4-1)49-52-50(32-15-5-2-6-16-32)54-51(53-49)34-26-28-43-39(29-34)47-35(19-11-23-44(47)56-43)33-25-27-38-46(30-33)57-45-24-12-22-42(48(38)45)55-40-20-9-7-17-36(40)37-18-8-10-21-41(37)55/h1-30H. The van der Waals surface area contributed by atoms with E-state index in [9.17, 15) is 0 Å². The lowest BCUT2D eigenvalue weighted by molar-refractivity contribution is 0.668. The lowest BCUT2D eigenvalue weighted by Gasteiger charge is -2.09. The van der Waals surface area contributed by atoms with Crippen molar-refractivity contribution in [3.05, 3.63) is 182 Å². The summed E-state index contributed by atoms with van der Waals surface area (Å²) in [5.41, 5.74) is 11.5. The van der Waals surface area contributed by atoms with Crippen LogP contribution in [0.1, 0.15) is 0 Å². The molecular formula is C51H30N4O2. The molecule has 0 spiro atoms. The molecule has 0 atom stereocenters. The van der Waals surface area contributed by atoms with Gasteiger partial charge in [0.05, 0.1) is 22.1 Å². The molecule has 0 fully saturated rings. The number of hydrogen-bond donors (Lipinski definition) is 0. The van der Waals surface area contributed by atoms with Crippen LogP contribution in [0.15, 0.2) is 191 Å². The molecule has 12 rings (SSSR count). The van der Waals surface area contributed by atoms with Crippen molar-refractivity contribution in [3.8, 4) is 51.0 Å². The molecule has 4 aromatic heterocycles. The van der Waals surface area contributed by atoms with Crippen molar-refractivity contribution >= 4 is 65.7 Å². The summed E-state index contributed by atoms with van der Waals surface area (Å²) in [6, 6.07) is 62.6. The lowest BCUT2D eigenvalue weighted by atomic mass is 9.97. The maximum atomic E-state index is 6.67. The first kappa shape index (κ1) is 31.5. The molecule has 0 bridgehead atoms. The van der Waals surface area contributed by atoms with Crippen molar-refractivity contribution in [2.45, 2.75) is 0 Å². The maximum Gasteiger partial charge on any atom is 0.164 e. The average molecular weight is 731 g/mol. The van der Waals surface area contributed by atoms with Gasteiger partial charge in [0.15, 0.2) is 17.5 Å². The summed E-state index contributed by atoms with van der Waals surface area (Å²) in [4.78, 5) is 14.9. The fourth-order valence-electron chi connectivity index (χ4n) is 8.49. The van der Waals surface area contributed by atoms with Crippen LogP contribution in [-0.2, 0) is 0 Å². The van der Waals surface area contributed by atoms with Gasteiger partial charge in [0.1, 0.15) is 22.3 Å². The first-order chi connectivity index (χ1) is 28.2. The fraction of sp³-hybridized carbons (Fsp3) is 0. The number of rotatable bonds is 5. The molecule has 8 aromatic carbocycles. The van der Waals surface area contributed by atoms with Crippen molar-refractivity contribution in [1.82, 2.24) is 19.5 Å². The molecule has 0 unspecified atom stereocenters. The van der Waals surface area contributed by atoms with Gasteiger partial charge in [-0.05, 0) is 71.8 Å². The summed E-state index contributed by atoms with van der Waals surface area (Å²) in [5, 5.41) is 6.62. The first-order valence-corrected chi connectivity index (χ1v) is 19.0. The topological polar surface area (TPSA) is 69.9 Å². The molecule has 0 aliphatic carbocycles. The van der Waals surface area contributed by atoms with Crippen molar-refractivity contribution in [2.75, 3.05) is 0 Å². The third-order valence-corrected chi connectivity index (χ3v) is 11.1. The quantitative estimate of drug-likeness (QED) is 0.176. The Morgan fingerprint density at radius 1 is 0.333 bits per heavy atom. The van der Waals surface area contributed by atoms with E-state index in [0.717, 1.165) is 77.4 Å². The molecule has 0 amide bonds. The maximum absolute atomic E-state index is 6.67. The van der Waals surface area contributed by atoms with E-state index in [0.29, 0.717) is 17.5 Å². The second kappa shape index (κ2) is 12.3. The summed E-state index contributed by atoms with van der Waals surface area (Å²) >= 11 is 0. The molecule has 0 saturated carbocycles. The summed E-state index contributed by atoms with van der Waals surface area (Å²) < 4.78 is 15.5. The number of hydrogen-bond acceptors (Lipinski definition) is 5. The van der Waals surface area contributed by atoms with E-state index in [1.54, 1.807) is 0 Å². The number of furan rings is 2. The molecule has 0 radical (unpaired) electrons. The molecule has 4 heterocycles. The molecule has 0 aliphatic heterocycles. The monoisotopic (exact) mass is 730 g/mol. The first-order valence-electron chi connectivity index (χ1n) is 19.0. The number of nitrogens with zero attached hydrogens (tertiary/aromatic N) is 4. The van der Waals surface area contributed by atoms with Crippen molar-refractivity contribution in [1.29, 1.82) is 0 Å². The highest BCUT2D eigenvalue weighted by atomic mass is 16.3. The predicted octanol–water partition coefficient (Wildman–Crippen LogP) is 13.4. The van der Waals surface area contributed by atoms with Crippen LogP contribution in [0.4, 0.5) is 0 Å². The molecule has 0 N–H and O–H groups in total. The minimum Gasteiger partial charge on any atom is -0.456 e. The number of fused-ring (bicyclic) bond motifs is 9. The molecule has 0 saturated heterocycles. The lowest BCUT2D eigenvalue weighted by Crippen LogP contribution is -2.00. The van der Waals surface area contributed by atoms with Crippen LogP contribution in [0.2, 0.25) is 0 Å². The van der Waals surface area contributed by atoms with E-state index in [2.05, 4.69) is 108 Å². The zero-order chi connectivity index (χ0) is 37.5. The smallest absolute Gasteiger partial charge is 0.164 e. The van der Waals surface area contributed by atoms with Crippen LogP contribution in [0, 0.1) is 0 Å². The zero-order valence-electron chi connectivity index (χ0n) is 30.4. The van der Waals surface area contributed by atoms with E-state index in [1.807, 2.05) is 78.9 Å². The Hall–Kier alpha value is -7.83. The second-order valence-electron chi connectivity index (χ2n) is 14.4. The molecular weight excluding hydrogens is 701 g/mol. The van der Waals surface area contributed by atoms with Gasteiger partial charge in [-0.3, -0.25) is 0 Å². The van der Waals surface area contributed by atoms with Crippen LogP contribution < -0.4 is 0 Å². The molecule has 6 nitrogen and oxygen atoms in total. The summed E-state index contributed by atoms with van der Waals surface area (Å²) in [6.45, 7) is 0. The Kier molecular flexibility index (Phi) is 6.83. The van der Waals surface area contributed by atoms with Gasteiger partial charge in [0, 0.05) is 43.6 Å². The van der Waals surface area contributed by atoms with Gasteiger partial charge in [-0.15, -0.1) is 0 Å². The van der Waals surface area contributed by atoms with Gasteiger partial charge in [-0.25, -0.2) is 15.0 Å². The van der Waals surface area contributed by atoms with Crippen LogP contribution in [-0.4, -0.2) is 19.5 Å². The fourth-order valence-corrected chi connectivity index (χ4v) is 8.49. The Morgan fingerprint density at radius 2 is 0.895 bits per heavy atom. The summed E-state index contributed by atoms with van der Waals surface area (Å²) in [6.07, 6.45) is 0. The normalized spacial score (nSPS) is 11.9. The molecule has 0 aliphatic rings. The molecule has 6 heteroatoms. The third kappa shape index (κ3) is 4.94. The molecule has 12 aromatic rings. The predicted molar refractivity (Wildman–Crippen MR) is 230 cm³/mol. The van der Waals surface area contributed by atoms with Crippen molar-refractivity contribution < 1.29 is 8.83 Å². The Bertz CT molecular complexity index is 3410. The minimum absolute atomic E-state index is 0.596. The van der Waals surface area contributed by atoms with E-state index < -0.39 is 0 Å². The van der Waals surface area contributed by atoms with Gasteiger partial charge in [0.25, 0.3) is 0 Å². The third-order valence-electron chi connectivity index (χ3n) is 11.1. The minimum atomic E-state index is 0.596. The Morgan fingerprint density at radius 3 is 1.58 bits per heavy atom. The van der Waals surface area contributed by atoms with Crippen molar-refractivity contribution in [2.24, 2.45) is 0 Å². The van der Waals surface area contributed by atoms with E-state index in [4.69, 9.17) is 23.8 Å². The summed E-state index contributed by atoms with van der Waals surface area (Å²) in [7, 11) is 0. The molecule has 57 heavy (non-hydrogen) atoms. The largest absolute Gasteiger partial charge is 0.456 e. The van der Waals surface area contributed by atoms with E-state index in [-0.39, 0.29) is 0 Å². The Labute approximate surface area is 325 Å². The van der Waals surface area contributed by atoms with Crippen LogP contribution >= 0.6 is 0 Å². The van der Waals surface area contributed by atoms with Gasteiger partial charge in [-0.1, -0.05) is 121 Å². The number of benzene rings is 8.